The molecule has 0 radical (unpaired) electrons. The summed E-state index contributed by atoms with van der Waals surface area (Å²) in [5.41, 5.74) is 3.10. The quantitative estimate of drug-likeness (QED) is 0.411. The third-order valence-corrected chi connectivity index (χ3v) is 5.63. The fraction of sp³-hybridized carbons (Fsp3) is 0.160. The lowest BCUT2D eigenvalue weighted by Gasteiger charge is -2.17. The summed E-state index contributed by atoms with van der Waals surface area (Å²) in [4.78, 5) is 20.9. The fourth-order valence-corrected chi connectivity index (χ4v) is 3.93. The minimum atomic E-state index is -0.270. The molecule has 1 atom stereocenters. The highest BCUT2D eigenvalue weighted by Crippen LogP contribution is 2.41. The molecule has 33 heavy (non-hydrogen) atoms. The molecule has 0 saturated carbocycles. The number of ether oxygens (including phenoxy) is 1. The zero-order chi connectivity index (χ0) is 22.6. The van der Waals surface area contributed by atoms with E-state index in [4.69, 9.17) is 20.8 Å². The van der Waals surface area contributed by atoms with Crippen LogP contribution in [0.1, 0.15) is 33.5 Å². The van der Waals surface area contributed by atoms with Gasteiger partial charge < -0.3 is 19.8 Å². The van der Waals surface area contributed by atoms with Gasteiger partial charge in [-0.15, -0.1) is 0 Å². The van der Waals surface area contributed by atoms with Gasteiger partial charge in [0.15, 0.2) is 17.3 Å². The van der Waals surface area contributed by atoms with Crippen LogP contribution in [0.4, 0.5) is 5.69 Å². The molecule has 1 aliphatic heterocycles. The van der Waals surface area contributed by atoms with Crippen molar-refractivity contribution in [3.63, 3.8) is 0 Å². The van der Waals surface area contributed by atoms with E-state index in [-0.39, 0.29) is 17.6 Å². The van der Waals surface area contributed by atoms with Gasteiger partial charge in [0, 0.05) is 35.9 Å². The van der Waals surface area contributed by atoms with Crippen molar-refractivity contribution in [3.05, 3.63) is 101 Å². The molecule has 2 aromatic carbocycles. The minimum absolute atomic E-state index is 0.179. The largest absolute Gasteiger partial charge is 0.455 e. The molecule has 3 heterocycles. The molecule has 0 saturated heterocycles. The van der Waals surface area contributed by atoms with Gasteiger partial charge in [-0.2, -0.15) is 0 Å². The Kier molecular flexibility index (Phi) is 5.95. The summed E-state index contributed by atoms with van der Waals surface area (Å²) in [6.07, 6.45) is 6.00. The maximum atomic E-state index is 12.5. The molecule has 5 rings (SSSR count). The van der Waals surface area contributed by atoms with E-state index < -0.39 is 0 Å². The van der Waals surface area contributed by atoms with E-state index in [1.807, 2.05) is 48.5 Å². The third-order valence-electron chi connectivity index (χ3n) is 5.40. The van der Waals surface area contributed by atoms with Crippen molar-refractivity contribution in [1.82, 2.24) is 15.3 Å². The molecule has 166 valence electrons. The molecule has 0 bridgehead atoms. The summed E-state index contributed by atoms with van der Waals surface area (Å²) in [6.45, 7) is 0.497. The van der Waals surface area contributed by atoms with Crippen molar-refractivity contribution in [2.75, 3.05) is 11.9 Å². The van der Waals surface area contributed by atoms with Gasteiger partial charge in [-0.3, -0.25) is 9.78 Å². The Morgan fingerprint density at radius 1 is 1.09 bits per heavy atom. The van der Waals surface area contributed by atoms with E-state index >= 15 is 0 Å². The lowest BCUT2D eigenvalue weighted by Crippen LogP contribution is -2.26. The maximum absolute atomic E-state index is 12.5. The normalized spacial score (nSPS) is 14.3. The van der Waals surface area contributed by atoms with Crippen LogP contribution in [0.2, 0.25) is 5.02 Å². The second kappa shape index (κ2) is 9.34. The maximum Gasteiger partial charge on any atom is 0.273 e. The van der Waals surface area contributed by atoms with Crippen LogP contribution in [0.25, 0.3) is 0 Å². The average molecular weight is 461 g/mol. The Hall–Kier alpha value is -3.84. The number of carbonyl (C=O) groups is 1. The molecule has 0 aliphatic carbocycles. The number of hydrogen-bond donors (Lipinski definition) is 2. The second-order valence-corrected chi connectivity index (χ2v) is 8.11. The van der Waals surface area contributed by atoms with Gasteiger partial charge in [-0.25, -0.2) is 4.98 Å². The summed E-state index contributed by atoms with van der Waals surface area (Å²) in [6, 6.07) is 16.9. The molecule has 1 unspecified atom stereocenters. The van der Waals surface area contributed by atoms with Crippen molar-refractivity contribution in [1.29, 1.82) is 0 Å². The number of nitrogens with zero attached hydrogens (tertiary/aromatic N) is 2. The third kappa shape index (κ3) is 4.83. The number of fused-ring (bicyclic) bond motifs is 2. The van der Waals surface area contributed by atoms with Crippen LogP contribution in [-0.4, -0.2) is 22.4 Å². The topological polar surface area (TPSA) is 89.3 Å². The molecular formula is C25H21ClN4O3. The van der Waals surface area contributed by atoms with Crippen LogP contribution in [0.15, 0.2) is 77.7 Å². The van der Waals surface area contributed by atoms with Crippen LogP contribution < -0.4 is 15.4 Å². The first-order valence-electron chi connectivity index (χ1n) is 10.6. The number of halogens is 1. The van der Waals surface area contributed by atoms with Crippen LogP contribution in [0.3, 0.4) is 0 Å². The monoisotopic (exact) mass is 460 g/mol. The number of pyridine rings is 1. The van der Waals surface area contributed by atoms with Crippen LogP contribution in [-0.2, 0) is 12.8 Å². The summed E-state index contributed by atoms with van der Waals surface area (Å²) in [7, 11) is 0. The van der Waals surface area contributed by atoms with Gasteiger partial charge in [0.05, 0.1) is 11.7 Å². The number of para-hydroxylation sites is 1. The first kappa shape index (κ1) is 21.0. The van der Waals surface area contributed by atoms with Crippen molar-refractivity contribution >= 4 is 23.2 Å². The SMILES string of the molecule is O=C(NCCc1ccncc1)c1coc(CC2Nc3cc(Cl)ccc3Oc3ccccc32)n1. The first-order valence-corrected chi connectivity index (χ1v) is 11.0. The number of oxazole rings is 1. The molecule has 0 spiro atoms. The van der Waals surface area contributed by atoms with Gasteiger partial charge in [0.2, 0.25) is 0 Å². The molecule has 7 nitrogen and oxygen atoms in total. The summed E-state index contributed by atoms with van der Waals surface area (Å²) in [5.74, 6) is 1.62. The van der Waals surface area contributed by atoms with Gasteiger partial charge in [0.25, 0.3) is 5.91 Å². The Morgan fingerprint density at radius 3 is 2.82 bits per heavy atom. The summed E-state index contributed by atoms with van der Waals surface area (Å²) >= 11 is 6.19. The van der Waals surface area contributed by atoms with E-state index in [0.717, 1.165) is 22.6 Å². The van der Waals surface area contributed by atoms with Gasteiger partial charge in [-0.1, -0.05) is 29.8 Å². The van der Waals surface area contributed by atoms with E-state index in [9.17, 15) is 4.79 Å². The lowest BCUT2D eigenvalue weighted by atomic mass is 10.0. The number of carbonyl (C=O) groups excluding carboxylic acids is 1. The van der Waals surface area contributed by atoms with E-state index in [2.05, 4.69) is 20.6 Å². The predicted molar refractivity (Wildman–Crippen MR) is 125 cm³/mol. The number of hydrogen-bond acceptors (Lipinski definition) is 6. The van der Waals surface area contributed by atoms with Crippen molar-refractivity contribution in [3.8, 4) is 11.5 Å². The Bertz CT molecular complexity index is 1280. The van der Waals surface area contributed by atoms with E-state index in [0.29, 0.717) is 36.0 Å². The Morgan fingerprint density at radius 2 is 1.94 bits per heavy atom. The van der Waals surface area contributed by atoms with E-state index in [1.54, 1.807) is 18.5 Å². The highest BCUT2D eigenvalue weighted by Gasteiger charge is 2.25. The highest BCUT2D eigenvalue weighted by atomic mass is 35.5. The zero-order valence-corrected chi connectivity index (χ0v) is 18.4. The number of amides is 1. The molecule has 4 aromatic rings. The summed E-state index contributed by atoms with van der Waals surface area (Å²) < 4.78 is 11.7. The van der Waals surface area contributed by atoms with Crippen LogP contribution in [0.5, 0.6) is 11.5 Å². The molecule has 8 heteroatoms. The summed E-state index contributed by atoms with van der Waals surface area (Å²) in [5, 5.41) is 6.97. The minimum Gasteiger partial charge on any atom is -0.455 e. The average Bonchev–Trinajstić information content (AvgIpc) is 3.24. The number of aromatic nitrogens is 2. The smallest absolute Gasteiger partial charge is 0.273 e. The number of rotatable bonds is 6. The molecular weight excluding hydrogens is 440 g/mol. The number of benzene rings is 2. The number of anilines is 1. The van der Waals surface area contributed by atoms with Gasteiger partial charge >= 0.3 is 0 Å². The Labute approximate surface area is 195 Å². The second-order valence-electron chi connectivity index (χ2n) is 7.67. The highest BCUT2D eigenvalue weighted by molar-refractivity contribution is 6.30. The lowest BCUT2D eigenvalue weighted by molar-refractivity contribution is 0.0949. The zero-order valence-electron chi connectivity index (χ0n) is 17.6. The molecule has 1 amide bonds. The van der Waals surface area contributed by atoms with Crippen molar-refractivity contribution in [2.45, 2.75) is 18.9 Å². The van der Waals surface area contributed by atoms with Crippen molar-refractivity contribution < 1.29 is 13.9 Å². The molecule has 2 aromatic heterocycles. The van der Waals surface area contributed by atoms with Crippen molar-refractivity contribution in [2.24, 2.45) is 0 Å². The predicted octanol–water partition coefficient (Wildman–Crippen LogP) is 5.20. The molecule has 1 aliphatic rings. The molecule has 0 fully saturated rings. The van der Waals surface area contributed by atoms with Gasteiger partial charge in [-0.05, 0) is 48.4 Å². The first-order chi connectivity index (χ1) is 16.2. The van der Waals surface area contributed by atoms with E-state index in [1.165, 1.54) is 6.26 Å². The standard InChI is InChI=1S/C25H21ClN4O3/c26-17-5-6-23-20(13-17)29-19(18-3-1-2-4-22(18)33-23)14-24-30-21(15-32-24)25(31)28-12-9-16-7-10-27-11-8-16/h1-8,10-11,13,15,19,29H,9,12,14H2,(H,28,31). The van der Waals surface area contributed by atoms with Crippen LogP contribution >= 0.6 is 11.6 Å². The molecule has 2 N–H and O–H groups in total. The van der Waals surface area contributed by atoms with Crippen LogP contribution in [0, 0.1) is 0 Å². The fourth-order valence-electron chi connectivity index (χ4n) is 3.75. The Balaban J connectivity index is 1.29. The van der Waals surface area contributed by atoms with Gasteiger partial charge in [0.1, 0.15) is 12.0 Å². The number of nitrogens with one attached hydrogen (secondary N) is 2.